The molecule has 1 atom stereocenters. The Hall–Kier alpha value is -1.66. The summed E-state index contributed by atoms with van der Waals surface area (Å²) in [5, 5.41) is 9.44. The monoisotopic (exact) mass is 365 g/mol. The minimum atomic E-state index is -0.964. The molecule has 0 aliphatic carbocycles. The van der Waals surface area contributed by atoms with Gasteiger partial charge >= 0.3 is 5.97 Å². The summed E-state index contributed by atoms with van der Waals surface area (Å²) in [7, 11) is 0. The third-order valence-corrected chi connectivity index (χ3v) is 5.19. The van der Waals surface area contributed by atoms with Gasteiger partial charge in [-0.3, -0.25) is 4.79 Å². The molecule has 3 rings (SSSR count). The Labute approximate surface area is 134 Å². The molecule has 1 aromatic carbocycles. The molecule has 1 aromatic heterocycles. The molecule has 0 unspecified atom stereocenters. The number of hydrogen-bond donors (Lipinski definition) is 1. The molecule has 0 saturated carbocycles. The highest BCUT2D eigenvalue weighted by Gasteiger charge is 2.35. The zero-order valence-electron chi connectivity index (χ0n) is 11.0. The number of carbonyl (C=O) groups excluding carboxylic acids is 1. The van der Waals surface area contributed by atoms with Crippen LogP contribution in [0.15, 0.2) is 40.2 Å². The third kappa shape index (κ3) is 2.73. The van der Waals surface area contributed by atoms with Gasteiger partial charge in [-0.1, -0.05) is 24.3 Å². The second-order valence-electron chi connectivity index (χ2n) is 4.86. The van der Waals surface area contributed by atoms with Crippen molar-refractivity contribution < 1.29 is 14.7 Å². The maximum absolute atomic E-state index is 12.6. The lowest BCUT2D eigenvalue weighted by molar-refractivity contribution is -0.142. The van der Waals surface area contributed by atoms with Gasteiger partial charge in [0.15, 0.2) is 0 Å². The topological polar surface area (TPSA) is 57.6 Å². The van der Waals surface area contributed by atoms with Crippen molar-refractivity contribution in [2.24, 2.45) is 0 Å². The van der Waals surface area contributed by atoms with E-state index < -0.39 is 12.0 Å². The number of carboxylic acid groups (broad SMARTS) is 1. The number of rotatable bonds is 2. The van der Waals surface area contributed by atoms with Crippen LogP contribution in [-0.4, -0.2) is 27.9 Å². The summed E-state index contributed by atoms with van der Waals surface area (Å²) in [6.07, 6.45) is 0.351. The molecule has 108 valence electrons. The fraction of sp³-hybridized carbons (Fsp3) is 0.200. The first-order chi connectivity index (χ1) is 10.1. The Kier molecular flexibility index (Phi) is 3.82. The average molecular weight is 366 g/mol. The van der Waals surface area contributed by atoms with Crippen molar-refractivity contribution in [1.82, 2.24) is 4.90 Å². The number of hydrogen-bond acceptors (Lipinski definition) is 3. The van der Waals surface area contributed by atoms with Gasteiger partial charge in [-0.2, -0.15) is 0 Å². The van der Waals surface area contributed by atoms with Crippen LogP contribution in [0.1, 0.15) is 20.8 Å². The minimum absolute atomic E-state index is 0.229. The molecule has 6 heteroatoms. The molecule has 21 heavy (non-hydrogen) atoms. The van der Waals surface area contributed by atoms with Gasteiger partial charge in [0.1, 0.15) is 6.04 Å². The zero-order valence-corrected chi connectivity index (χ0v) is 13.4. The summed E-state index contributed by atoms with van der Waals surface area (Å²) in [4.78, 5) is 26.1. The highest BCUT2D eigenvalue weighted by Crippen LogP contribution is 2.28. The predicted molar refractivity (Wildman–Crippen MR) is 83.5 cm³/mol. The Morgan fingerprint density at radius 2 is 1.90 bits per heavy atom. The van der Waals surface area contributed by atoms with E-state index in [2.05, 4.69) is 15.9 Å². The van der Waals surface area contributed by atoms with Crippen LogP contribution in [0.25, 0.3) is 0 Å². The van der Waals surface area contributed by atoms with E-state index in [0.29, 0.717) is 17.8 Å². The number of amides is 1. The van der Waals surface area contributed by atoms with Crippen LogP contribution in [-0.2, 0) is 17.8 Å². The van der Waals surface area contributed by atoms with Gasteiger partial charge in [0.2, 0.25) is 0 Å². The normalized spacial score (nSPS) is 17.4. The highest BCUT2D eigenvalue weighted by molar-refractivity contribution is 9.11. The summed E-state index contributed by atoms with van der Waals surface area (Å²) in [6, 6.07) is 10.4. The lowest BCUT2D eigenvalue weighted by atomic mass is 9.94. The summed E-state index contributed by atoms with van der Waals surface area (Å²) >= 11 is 4.64. The molecule has 0 spiro atoms. The molecule has 1 aliphatic heterocycles. The number of nitrogens with zero attached hydrogens (tertiary/aromatic N) is 1. The molecular weight excluding hydrogens is 354 g/mol. The number of thiophene rings is 1. The van der Waals surface area contributed by atoms with Gasteiger partial charge in [0, 0.05) is 13.0 Å². The van der Waals surface area contributed by atoms with E-state index in [1.807, 2.05) is 24.3 Å². The Morgan fingerprint density at radius 3 is 2.52 bits per heavy atom. The molecule has 2 heterocycles. The molecule has 0 saturated heterocycles. The van der Waals surface area contributed by atoms with Crippen LogP contribution < -0.4 is 0 Å². The van der Waals surface area contributed by atoms with Crippen LogP contribution in [0, 0.1) is 0 Å². The molecule has 2 aromatic rings. The summed E-state index contributed by atoms with van der Waals surface area (Å²) in [5.41, 5.74) is 2.01. The van der Waals surface area contributed by atoms with E-state index in [4.69, 9.17) is 0 Å². The molecule has 1 amide bonds. The standard InChI is InChI=1S/C15H12BrNO3S/c16-13-6-5-12(21-13)14(18)17-8-10-4-2-1-3-9(10)7-11(17)15(19)20/h1-6,11H,7-8H2,(H,19,20)/t11-/m0/s1. The lowest BCUT2D eigenvalue weighted by Crippen LogP contribution is -2.48. The first-order valence-corrected chi connectivity index (χ1v) is 8.03. The van der Waals surface area contributed by atoms with E-state index in [1.54, 1.807) is 12.1 Å². The van der Waals surface area contributed by atoms with Crippen LogP contribution in [0.4, 0.5) is 0 Å². The van der Waals surface area contributed by atoms with Crippen LogP contribution in [0.3, 0.4) is 0 Å². The number of fused-ring (bicyclic) bond motifs is 1. The van der Waals surface area contributed by atoms with Gasteiger partial charge < -0.3 is 10.0 Å². The summed E-state index contributed by atoms with van der Waals surface area (Å²) < 4.78 is 0.857. The van der Waals surface area contributed by atoms with Gasteiger partial charge in [-0.25, -0.2) is 4.79 Å². The Morgan fingerprint density at radius 1 is 1.19 bits per heavy atom. The number of halogens is 1. The fourth-order valence-electron chi connectivity index (χ4n) is 2.53. The largest absolute Gasteiger partial charge is 0.480 e. The summed E-state index contributed by atoms with van der Waals surface area (Å²) in [5.74, 6) is -1.19. The van der Waals surface area contributed by atoms with Crippen LogP contribution in [0.5, 0.6) is 0 Å². The molecule has 0 bridgehead atoms. The van der Waals surface area contributed by atoms with Gasteiger partial charge in [-0.05, 0) is 39.2 Å². The van der Waals surface area contributed by atoms with Crippen molar-refractivity contribution in [1.29, 1.82) is 0 Å². The average Bonchev–Trinajstić information content (AvgIpc) is 2.91. The number of carboxylic acids is 1. The van der Waals surface area contributed by atoms with E-state index in [1.165, 1.54) is 16.2 Å². The van der Waals surface area contributed by atoms with Crippen molar-refractivity contribution in [3.05, 3.63) is 56.2 Å². The molecule has 1 aliphatic rings. The van der Waals surface area contributed by atoms with Crippen molar-refractivity contribution in [2.45, 2.75) is 19.0 Å². The smallest absolute Gasteiger partial charge is 0.326 e. The van der Waals surface area contributed by atoms with Crippen molar-refractivity contribution in [3.63, 3.8) is 0 Å². The van der Waals surface area contributed by atoms with Gasteiger partial charge in [0.05, 0.1) is 8.66 Å². The van der Waals surface area contributed by atoms with E-state index in [-0.39, 0.29) is 5.91 Å². The highest BCUT2D eigenvalue weighted by atomic mass is 79.9. The van der Waals surface area contributed by atoms with Gasteiger partial charge in [-0.15, -0.1) is 11.3 Å². The van der Waals surface area contributed by atoms with Crippen molar-refractivity contribution in [3.8, 4) is 0 Å². The summed E-state index contributed by atoms with van der Waals surface area (Å²) in [6.45, 7) is 0.335. The van der Waals surface area contributed by atoms with Crippen LogP contribution >= 0.6 is 27.3 Å². The SMILES string of the molecule is O=C(O)[C@@H]1Cc2ccccc2CN1C(=O)c1ccc(Br)s1. The molecule has 0 fully saturated rings. The van der Waals surface area contributed by atoms with Crippen molar-refractivity contribution in [2.75, 3.05) is 0 Å². The second-order valence-corrected chi connectivity index (χ2v) is 7.33. The van der Waals surface area contributed by atoms with E-state index >= 15 is 0 Å². The van der Waals surface area contributed by atoms with E-state index in [9.17, 15) is 14.7 Å². The molecule has 0 radical (unpaired) electrons. The predicted octanol–water partition coefficient (Wildman–Crippen LogP) is 3.16. The molecule has 1 N–H and O–H groups in total. The van der Waals surface area contributed by atoms with E-state index in [0.717, 1.165) is 14.9 Å². The fourth-order valence-corrected chi connectivity index (χ4v) is 3.87. The minimum Gasteiger partial charge on any atom is -0.480 e. The molecule has 4 nitrogen and oxygen atoms in total. The number of benzene rings is 1. The maximum Gasteiger partial charge on any atom is 0.326 e. The first kappa shape index (κ1) is 14.3. The lowest BCUT2D eigenvalue weighted by Gasteiger charge is -2.34. The third-order valence-electron chi connectivity index (χ3n) is 3.58. The molecular formula is C15H12BrNO3S. The number of carbonyl (C=O) groups is 2. The Bertz CT molecular complexity index is 712. The quantitative estimate of drug-likeness (QED) is 0.888. The van der Waals surface area contributed by atoms with Crippen LogP contribution in [0.2, 0.25) is 0 Å². The first-order valence-electron chi connectivity index (χ1n) is 6.42. The maximum atomic E-state index is 12.6. The zero-order chi connectivity index (χ0) is 15.0. The Balaban J connectivity index is 1.96. The van der Waals surface area contributed by atoms with Gasteiger partial charge in [0.25, 0.3) is 5.91 Å². The second kappa shape index (κ2) is 5.61. The van der Waals surface area contributed by atoms with Crippen molar-refractivity contribution >= 4 is 39.1 Å². The number of aliphatic carboxylic acids is 1.